The molecule has 0 amide bonds. The van der Waals surface area contributed by atoms with Crippen LogP contribution in [0.2, 0.25) is 5.02 Å². The number of nitrogens with zero attached hydrogens (tertiary/aromatic N) is 1. The van der Waals surface area contributed by atoms with Crippen LogP contribution < -0.4 is 5.73 Å². The molecular formula is C14H21ClN2. The minimum Gasteiger partial charge on any atom is -0.399 e. The molecule has 0 aliphatic carbocycles. The van der Waals surface area contributed by atoms with E-state index in [-0.39, 0.29) is 0 Å². The Kier molecular flexibility index (Phi) is 4.30. The van der Waals surface area contributed by atoms with Gasteiger partial charge in [-0.05, 0) is 49.1 Å². The number of piperidine rings is 1. The normalized spacial score (nSPS) is 21.6. The Morgan fingerprint density at radius 1 is 1.41 bits per heavy atom. The third-order valence-corrected chi connectivity index (χ3v) is 3.78. The maximum atomic E-state index is 6.03. The Hall–Kier alpha value is -0.730. The molecule has 2 N–H and O–H groups in total. The molecule has 1 fully saturated rings. The van der Waals surface area contributed by atoms with E-state index >= 15 is 0 Å². The molecule has 1 unspecified atom stereocenters. The van der Waals surface area contributed by atoms with Gasteiger partial charge in [-0.3, -0.25) is 4.90 Å². The Morgan fingerprint density at radius 2 is 2.24 bits per heavy atom. The van der Waals surface area contributed by atoms with Crippen LogP contribution in [0.15, 0.2) is 18.2 Å². The fourth-order valence-electron chi connectivity index (χ4n) is 2.65. The van der Waals surface area contributed by atoms with Crippen molar-refractivity contribution < 1.29 is 0 Å². The first-order valence-electron chi connectivity index (χ1n) is 6.44. The monoisotopic (exact) mass is 252 g/mol. The molecule has 1 heterocycles. The molecule has 0 aromatic heterocycles. The van der Waals surface area contributed by atoms with Crippen molar-refractivity contribution in [2.45, 2.75) is 32.7 Å². The zero-order chi connectivity index (χ0) is 12.3. The largest absolute Gasteiger partial charge is 0.399 e. The molecule has 0 bridgehead atoms. The van der Waals surface area contributed by atoms with Gasteiger partial charge in [0.05, 0.1) is 0 Å². The quantitative estimate of drug-likeness (QED) is 0.834. The lowest BCUT2D eigenvalue weighted by molar-refractivity contribution is 0.165. The van der Waals surface area contributed by atoms with Crippen LogP contribution in [0, 0.1) is 5.92 Å². The van der Waals surface area contributed by atoms with Crippen LogP contribution in [0.25, 0.3) is 0 Å². The fourth-order valence-corrected chi connectivity index (χ4v) is 2.92. The predicted molar refractivity (Wildman–Crippen MR) is 74.2 cm³/mol. The second kappa shape index (κ2) is 5.74. The van der Waals surface area contributed by atoms with E-state index in [9.17, 15) is 0 Å². The van der Waals surface area contributed by atoms with Crippen LogP contribution in [0.4, 0.5) is 5.69 Å². The number of nitrogen functional groups attached to an aromatic ring is 1. The number of rotatable bonds is 3. The molecule has 1 aromatic carbocycles. The van der Waals surface area contributed by atoms with Crippen molar-refractivity contribution in [2.75, 3.05) is 18.8 Å². The number of halogens is 1. The lowest BCUT2D eigenvalue weighted by Crippen LogP contribution is -2.34. The highest BCUT2D eigenvalue weighted by Crippen LogP contribution is 2.23. The van der Waals surface area contributed by atoms with Crippen LogP contribution >= 0.6 is 11.6 Å². The van der Waals surface area contributed by atoms with Crippen molar-refractivity contribution in [3.05, 3.63) is 28.8 Å². The summed E-state index contributed by atoms with van der Waals surface area (Å²) >= 11 is 6.03. The van der Waals surface area contributed by atoms with Crippen molar-refractivity contribution in [1.82, 2.24) is 4.90 Å². The standard InChI is InChI=1S/C14H21ClN2/c1-2-11-4-3-5-17(9-11)10-12-6-13(15)8-14(16)7-12/h6-8,11H,2-5,9-10,16H2,1H3. The maximum absolute atomic E-state index is 6.03. The highest BCUT2D eigenvalue weighted by molar-refractivity contribution is 6.30. The topological polar surface area (TPSA) is 29.3 Å². The summed E-state index contributed by atoms with van der Waals surface area (Å²) in [4.78, 5) is 2.52. The molecule has 94 valence electrons. The van der Waals surface area contributed by atoms with Crippen LogP contribution in [0.5, 0.6) is 0 Å². The third-order valence-electron chi connectivity index (χ3n) is 3.57. The molecule has 0 radical (unpaired) electrons. The summed E-state index contributed by atoms with van der Waals surface area (Å²) in [7, 11) is 0. The van der Waals surface area contributed by atoms with Crippen LogP contribution in [0.3, 0.4) is 0 Å². The van der Waals surface area contributed by atoms with Crippen molar-refractivity contribution in [3.63, 3.8) is 0 Å². The van der Waals surface area contributed by atoms with E-state index in [0.29, 0.717) is 0 Å². The molecule has 1 aromatic rings. The van der Waals surface area contributed by atoms with Crippen molar-refractivity contribution in [3.8, 4) is 0 Å². The first-order chi connectivity index (χ1) is 8.17. The van der Waals surface area contributed by atoms with E-state index in [2.05, 4.69) is 11.8 Å². The molecule has 1 saturated heterocycles. The molecule has 1 aliphatic rings. The van der Waals surface area contributed by atoms with E-state index in [0.717, 1.165) is 23.2 Å². The lowest BCUT2D eigenvalue weighted by Gasteiger charge is -2.32. The smallest absolute Gasteiger partial charge is 0.0429 e. The number of benzene rings is 1. The first kappa shape index (κ1) is 12.7. The summed E-state index contributed by atoms with van der Waals surface area (Å²) in [6.45, 7) is 5.67. The summed E-state index contributed by atoms with van der Waals surface area (Å²) in [5.41, 5.74) is 7.80. The Bertz CT molecular complexity index is 358. The fraction of sp³-hybridized carbons (Fsp3) is 0.571. The Morgan fingerprint density at radius 3 is 2.94 bits per heavy atom. The third kappa shape index (κ3) is 3.62. The van der Waals surface area contributed by atoms with Gasteiger partial charge in [0.15, 0.2) is 0 Å². The molecule has 1 aliphatic heterocycles. The van der Waals surface area contributed by atoms with Gasteiger partial charge in [-0.25, -0.2) is 0 Å². The highest BCUT2D eigenvalue weighted by atomic mass is 35.5. The average molecular weight is 253 g/mol. The minimum atomic E-state index is 0.740. The summed E-state index contributed by atoms with van der Waals surface area (Å²) in [5, 5.41) is 0.740. The summed E-state index contributed by atoms with van der Waals surface area (Å²) in [6, 6.07) is 5.85. The van der Waals surface area contributed by atoms with Gasteiger partial charge in [-0.1, -0.05) is 24.9 Å². The molecule has 2 rings (SSSR count). The molecule has 3 heteroatoms. The van der Waals surface area contributed by atoms with E-state index < -0.39 is 0 Å². The van der Waals surface area contributed by atoms with Crippen molar-refractivity contribution >= 4 is 17.3 Å². The van der Waals surface area contributed by atoms with Crippen LogP contribution in [-0.4, -0.2) is 18.0 Å². The zero-order valence-electron chi connectivity index (χ0n) is 10.5. The number of nitrogens with two attached hydrogens (primary N) is 1. The lowest BCUT2D eigenvalue weighted by atomic mass is 9.95. The summed E-state index contributed by atoms with van der Waals surface area (Å²) in [5.74, 6) is 0.861. The number of likely N-dealkylation sites (tertiary alicyclic amines) is 1. The highest BCUT2D eigenvalue weighted by Gasteiger charge is 2.18. The van der Waals surface area contributed by atoms with Crippen LogP contribution in [0.1, 0.15) is 31.7 Å². The molecule has 1 atom stereocenters. The minimum absolute atomic E-state index is 0.740. The van der Waals surface area contributed by atoms with Gasteiger partial charge in [0.25, 0.3) is 0 Å². The maximum Gasteiger partial charge on any atom is 0.0429 e. The van der Waals surface area contributed by atoms with Gasteiger partial charge in [-0.2, -0.15) is 0 Å². The number of anilines is 1. The molecule has 2 nitrogen and oxygen atoms in total. The first-order valence-corrected chi connectivity index (χ1v) is 6.82. The van der Waals surface area contributed by atoms with E-state index in [1.54, 1.807) is 6.07 Å². The second-order valence-corrected chi connectivity index (χ2v) is 5.48. The van der Waals surface area contributed by atoms with E-state index in [1.165, 1.54) is 37.9 Å². The number of hydrogen-bond acceptors (Lipinski definition) is 2. The van der Waals surface area contributed by atoms with E-state index in [4.69, 9.17) is 17.3 Å². The second-order valence-electron chi connectivity index (χ2n) is 5.04. The zero-order valence-corrected chi connectivity index (χ0v) is 11.2. The predicted octanol–water partition coefficient (Wildman–Crippen LogP) is 3.54. The van der Waals surface area contributed by atoms with Gasteiger partial charge >= 0.3 is 0 Å². The van der Waals surface area contributed by atoms with Gasteiger partial charge in [0.1, 0.15) is 0 Å². The van der Waals surface area contributed by atoms with Crippen LogP contribution in [-0.2, 0) is 6.54 Å². The van der Waals surface area contributed by atoms with Crippen molar-refractivity contribution in [1.29, 1.82) is 0 Å². The molecule has 0 spiro atoms. The van der Waals surface area contributed by atoms with Gasteiger partial charge in [-0.15, -0.1) is 0 Å². The SMILES string of the molecule is CCC1CCCN(Cc2cc(N)cc(Cl)c2)C1. The van der Waals surface area contributed by atoms with Gasteiger partial charge in [0, 0.05) is 23.8 Å². The summed E-state index contributed by atoms with van der Waals surface area (Å²) < 4.78 is 0. The molecular weight excluding hydrogens is 232 g/mol. The van der Waals surface area contributed by atoms with Gasteiger partial charge < -0.3 is 5.73 Å². The molecule has 17 heavy (non-hydrogen) atoms. The Labute approximate surface area is 109 Å². The van der Waals surface area contributed by atoms with Gasteiger partial charge in [0.2, 0.25) is 0 Å². The van der Waals surface area contributed by atoms with E-state index in [1.807, 2.05) is 12.1 Å². The Balaban J connectivity index is 2.00. The average Bonchev–Trinajstić information content (AvgIpc) is 2.28. The van der Waals surface area contributed by atoms with Crippen molar-refractivity contribution in [2.24, 2.45) is 5.92 Å². The number of hydrogen-bond donors (Lipinski definition) is 1. The molecule has 0 saturated carbocycles. The summed E-state index contributed by atoms with van der Waals surface area (Å²) in [6.07, 6.45) is 3.98.